The van der Waals surface area contributed by atoms with Crippen molar-refractivity contribution in [1.82, 2.24) is 10.6 Å². The Bertz CT molecular complexity index is 728. The van der Waals surface area contributed by atoms with Crippen LogP contribution in [0, 0.1) is 0 Å². The summed E-state index contributed by atoms with van der Waals surface area (Å²) in [6, 6.07) is 12.0. The van der Waals surface area contributed by atoms with Crippen LogP contribution in [0.2, 0.25) is 0 Å². The first-order valence-electron chi connectivity index (χ1n) is 8.11. The maximum Gasteiger partial charge on any atom is 0.220 e. The average Bonchev–Trinajstić information content (AvgIpc) is 2.57. The number of amides is 2. The van der Waals surface area contributed by atoms with Crippen molar-refractivity contribution in [2.24, 2.45) is 0 Å². The first-order chi connectivity index (χ1) is 11.5. The van der Waals surface area contributed by atoms with Crippen LogP contribution in [0.15, 0.2) is 36.4 Å². The number of benzene rings is 2. The Kier molecular flexibility index (Phi) is 6.18. The van der Waals surface area contributed by atoms with Crippen molar-refractivity contribution in [3.63, 3.8) is 0 Å². The van der Waals surface area contributed by atoms with Crippen LogP contribution in [0.3, 0.4) is 0 Å². The highest BCUT2D eigenvalue weighted by Gasteiger charge is 2.10. The lowest BCUT2D eigenvalue weighted by atomic mass is 10.0. The number of nitrogens with one attached hydrogen (secondary N) is 2. The molecule has 0 radical (unpaired) electrons. The minimum Gasteiger partial charge on any atom is -0.497 e. The number of fused-ring (bicyclic) bond motifs is 1. The zero-order chi connectivity index (χ0) is 17.5. The van der Waals surface area contributed by atoms with Gasteiger partial charge in [-0.25, -0.2) is 0 Å². The van der Waals surface area contributed by atoms with Crippen LogP contribution in [0.1, 0.15) is 38.3 Å². The summed E-state index contributed by atoms with van der Waals surface area (Å²) in [5, 5.41) is 7.90. The van der Waals surface area contributed by atoms with Gasteiger partial charge in [-0.15, -0.1) is 0 Å². The van der Waals surface area contributed by atoms with Crippen LogP contribution in [0.5, 0.6) is 5.75 Å². The van der Waals surface area contributed by atoms with Gasteiger partial charge in [-0.3, -0.25) is 9.59 Å². The van der Waals surface area contributed by atoms with Gasteiger partial charge in [-0.1, -0.05) is 18.2 Å². The summed E-state index contributed by atoms with van der Waals surface area (Å²) in [5.41, 5.74) is 1.06. The van der Waals surface area contributed by atoms with E-state index in [9.17, 15) is 9.59 Å². The van der Waals surface area contributed by atoms with Gasteiger partial charge < -0.3 is 15.4 Å². The molecule has 0 spiro atoms. The highest BCUT2D eigenvalue weighted by molar-refractivity contribution is 5.85. The van der Waals surface area contributed by atoms with Gasteiger partial charge in [0.25, 0.3) is 0 Å². The quantitative estimate of drug-likeness (QED) is 0.768. The van der Waals surface area contributed by atoms with Gasteiger partial charge in [0.2, 0.25) is 11.8 Å². The molecule has 2 rings (SSSR count). The maximum atomic E-state index is 12.0. The molecule has 2 aromatic carbocycles. The van der Waals surface area contributed by atoms with E-state index in [2.05, 4.69) is 16.7 Å². The molecule has 2 N–H and O–H groups in total. The molecule has 1 atom stereocenters. The topological polar surface area (TPSA) is 67.4 Å². The van der Waals surface area contributed by atoms with Crippen molar-refractivity contribution >= 4 is 22.6 Å². The van der Waals surface area contributed by atoms with E-state index in [1.807, 2.05) is 37.3 Å². The lowest BCUT2D eigenvalue weighted by Crippen LogP contribution is -2.28. The number of methoxy groups -OCH3 is 1. The highest BCUT2D eigenvalue weighted by atomic mass is 16.5. The number of hydrogen-bond acceptors (Lipinski definition) is 3. The Morgan fingerprint density at radius 1 is 1.12 bits per heavy atom. The monoisotopic (exact) mass is 328 g/mol. The van der Waals surface area contributed by atoms with Gasteiger partial charge in [0.05, 0.1) is 13.2 Å². The third-order valence-corrected chi connectivity index (χ3v) is 3.90. The number of rotatable bonds is 7. The molecule has 0 aliphatic rings. The Morgan fingerprint density at radius 3 is 2.54 bits per heavy atom. The van der Waals surface area contributed by atoms with E-state index in [-0.39, 0.29) is 17.9 Å². The zero-order valence-electron chi connectivity index (χ0n) is 14.4. The Balaban J connectivity index is 1.94. The summed E-state index contributed by atoms with van der Waals surface area (Å²) in [6.07, 6.45) is 1.03. The lowest BCUT2D eigenvalue weighted by molar-refractivity contribution is -0.122. The summed E-state index contributed by atoms with van der Waals surface area (Å²) in [5.74, 6) is 0.745. The molecule has 0 aliphatic carbocycles. The first-order valence-corrected chi connectivity index (χ1v) is 8.11. The third-order valence-electron chi connectivity index (χ3n) is 3.90. The number of carbonyl (C=O) groups is 2. The van der Waals surface area contributed by atoms with E-state index in [1.165, 1.54) is 6.92 Å². The van der Waals surface area contributed by atoms with Crippen molar-refractivity contribution in [1.29, 1.82) is 0 Å². The minimum atomic E-state index is -0.0726. The van der Waals surface area contributed by atoms with E-state index in [0.29, 0.717) is 19.4 Å². The van der Waals surface area contributed by atoms with Crippen LogP contribution < -0.4 is 15.4 Å². The van der Waals surface area contributed by atoms with E-state index in [1.54, 1.807) is 7.11 Å². The van der Waals surface area contributed by atoms with Crippen molar-refractivity contribution in [3.05, 3.63) is 42.0 Å². The average molecular weight is 328 g/mol. The van der Waals surface area contributed by atoms with E-state index in [0.717, 1.165) is 22.1 Å². The number of hydrogen-bond donors (Lipinski definition) is 2. The summed E-state index contributed by atoms with van der Waals surface area (Å²) in [4.78, 5) is 22.8. The molecule has 128 valence electrons. The second-order valence-electron chi connectivity index (χ2n) is 5.85. The van der Waals surface area contributed by atoms with E-state index >= 15 is 0 Å². The maximum absolute atomic E-state index is 12.0. The van der Waals surface area contributed by atoms with Crippen molar-refractivity contribution < 1.29 is 14.3 Å². The molecule has 2 aromatic rings. The molecule has 24 heavy (non-hydrogen) atoms. The van der Waals surface area contributed by atoms with Crippen LogP contribution in [-0.2, 0) is 9.59 Å². The molecule has 0 fully saturated rings. The molecule has 0 heterocycles. The summed E-state index contributed by atoms with van der Waals surface area (Å²) >= 11 is 0. The third kappa shape index (κ3) is 4.98. The van der Waals surface area contributed by atoms with Crippen LogP contribution >= 0.6 is 0 Å². The second kappa shape index (κ2) is 8.34. The van der Waals surface area contributed by atoms with Crippen molar-refractivity contribution in [2.45, 2.75) is 32.7 Å². The molecule has 0 bridgehead atoms. The Morgan fingerprint density at radius 2 is 1.83 bits per heavy atom. The standard InChI is InChI=1S/C19H24N2O3/c1-13(21-19(23)5-4-10-20-14(2)22)15-6-7-17-12-18(24-3)9-8-16(17)11-15/h6-9,11-13H,4-5,10H2,1-3H3,(H,20,22)(H,21,23)/t13-/m1/s1. The van der Waals surface area contributed by atoms with E-state index in [4.69, 9.17) is 4.74 Å². The Hall–Kier alpha value is -2.56. The second-order valence-corrected chi connectivity index (χ2v) is 5.85. The van der Waals surface area contributed by atoms with Crippen LogP contribution in [0.4, 0.5) is 0 Å². The fourth-order valence-electron chi connectivity index (χ4n) is 2.55. The van der Waals surface area contributed by atoms with Crippen molar-refractivity contribution in [3.8, 4) is 5.75 Å². The largest absolute Gasteiger partial charge is 0.497 e. The Labute approximate surface area is 142 Å². The summed E-state index contributed by atoms with van der Waals surface area (Å²) < 4.78 is 5.23. The van der Waals surface area contributed by atoms with Gasteiger partial charge in [0.15, 0.2) is 0 Å². The molecule has 5 heteroatoms. The minimum absolute atomic E-state index is 0.0114. The van der Waals surface area contributed by atoms with E-state index < -0.39 is 0 Å². The first kappa shape index (κ1) is 17.8. The summed E-state index contributed by atoms with van der Waals surface area (Å²) in [6.45, 7) is 3.96. The van der Waals surface area contributed by atoms with Crippen LogP contribution in [0.25, 0.3) is 10.8 Å². The lowest BCUT2D eigenvalue weighted by Gasteiger charge is -2.15. The normalized spacial score (nSPS) is 11.8. The molecule has 0 aromatic heterocycles. The fraction of sp³-hybridized carbons (Fsp3) is 0.368. The van der Waals surface area contributed by atoms with Crippen LogP contribution in [-0.4, -0.2) is 25.5 Å². The van der Waals surface area contributed by atoms with Crippen molar-refractivity contribution in [2.75, 3.05) is 13.7 Å². The molecule has 2 amide bonds. The van der Waals surface area contributed by atoms with Gasteiger partial charge in [0.1, 0.15) is 5.75 Å². The number of ether oxygens (including phenoxy) is 1. The number of carbonyl (C=O) groups excluding carboxylic acids is 2. The molecular formula is C19H24N2O3. The zero-order valence-corrected chi connectivity index (χ0v) is 14.4. The predicted molar refractivity (Wildman–Crippen MR) is 95.0 cm³/mol. The molecule has 0 saturated carbocycles. The van der Waals surface area contributed by atoms with Gasteiger partial charge >= 0.3 is 0 Å². The smallest absolute Gasteiger partial charge is 0.220 e. The molecule has 0 saturated heterocycles. The van der Waals surface area contributed by atoms with Gasteiger partial charge in [-0.05, 0) is 47.9 Å². The molecule has 0 unspecified atom stereocenters. The van der Waals surface area contributed by atoms with Gasteiger partial charge in [-0.2, -0.15) is 0 Å². The molecule has 0 aliphatic heterocycles. The SMILES string of the molecule is COc1ccc2cc([C@@H](C)NC(=O)CCCNC(C)=O)ccc2c1. The molecular weight excluding hydrogens is 304 g/mol. The summed E-state index contributed by atoms with van der Waals surface area (Å²) in [7, 11) is 1.65. The highest BCUT2D eigenvalue weighted by Crippen LogP contribution is 2.24. The predicted octanol–water partition coefficient (Wildman–Crippen LogP) is 2.94. The molecule has 5 nitrogen and oxygen atoms in total. The van der Waals surface area contributed by atoms with Gasteiger partial charge in [0, 0.05) is 19.9 Å². The fourth-order valence-corrected chi connectivity index (χ4v) is 2.55.